The average molecular weight is 148 g/mol. The van der Waals surface area contributed by atoms with Crippen molar-refractivity contribution < 1.29 is 13.5 Å². The molecule has 0 bridgehead atoms. The Balaban J connectivity index is 2.22. The lowest BCUT2D eigenvalue weighted by Crippen LogP contribution is -2.17. The molecule has 0 aromatic rings. The predicted octanol–water partition coefficient (Wildman–Crippen LogP) is 2.33. The fourth-order valence-electron chi connectivity index (χ4n) is 1.03. The number of ether oxygens (including phenoxy) is 1. The Kier molecular flexibility index (Phi) is 2.81. The molecular weight excluding hydrogens is 138 g/mol. The standard InChI is InChI=1S/C7H10F2O/c8-7(9)10-6-4-2-1-3-5-6/h1-2,6-7H,3-5H2. The molecule has 0 aliphatic heterocycles. The molecular formula is C7H10F2O. The molecule has 3 heteroatoms. The molecule has 0 saturated carbocycles. The van der Waals surface area contributed by atoms with E-state index < -0.39 is 6.61 Å². The van der Waals surface area contributed by atoms with E-state index >= 15 is 0 Å². The Labute approximate surface area is 58.7 Å². The maximum Gasteiger partial charge on any atom is 0.345 e. The molecule has 10 heavy (non-hydrogen) atoms. The number of rotatable bonds is 2. The highest BCUT2D eigenvalue weighted by molar-refractivity contribution is 4.90. The van der Waals surface area contributed by atoms with Crippen molar-refractivity contribution in [2.45, 2.75) is 32.0 Å². The van der Waals surface area contributed by atoms with E-state index in [2.05, 4.69) is 4.74 Å². The van der Waals surface area contributed by atoms with Gasteiger partial charge in [0.1, 0.15) is 0 Å². The lowest BCUT2D eigenvalue weighted by Gasteiger charge is -2.17. The zero-order valence-electron chi connectivity index (χ0n) is 5.59. The summed E-state index contributed by atoms with van der Waals surface area (Å²) in [5, 5.41) is 0. The highest BCUT2D eigenvalue weighted by atomic mass is 19.3. The van der Waals surface area contributed by atoms with Crippen LogP contribution in [0.2, 0.25) is 0 Å². The van der Waals surface area contributed by atoms with Crippen molar-refractivity contribution in [3.8, 4) is 0 Å². The summed E-state index contributed by atoms with van der Waals surface area (Å²) in [5.74, 6) is 0. The van der Waals surface area contributed by atoms with Gasteiger partial charge in [-0.3, -0.25) is 0 Å². The largest absolute Gasteiger partial charge is 0.345 e. The molecule has 0 aromatic carbocycles. The van der Waals surface area contributed by atoms with Crippen molar-refractivity contribution in [2.24, 2.45) is 0 Å². The molecule has 0 heterocycles. The van der Waals surface area contributed by atoms with Crippen molar-refractivity contribution in [3.63, 3.8) is 0 Å². The number of hydrogen-bond acceptors (Lipinski definition) is 1. The Bertz CT molecular complexity index is 123. The molecule has 1 atom stereocenters. The number of alkyl halides is 2. The lowest BCUT2D eigenvalue weighted by molar-refractivity contribution is -0.163. The van der Waals surface area contributed by atoms with Crippen LogP contribution in [0.4, 0.5) is 8.78 Å². The summed E-state index contributed by atoms with van der Waals surface area (Å²) in [4.78, 5) is 0. The third-order valence-electron chi connectivity index (χ3n) is 1.52. The molecule has 0 amide bonds. The summed E-state index contributed by atoms with van der Waals surface area (Å²) in [6.07, 6.45) is 5.83. The van der Waals surface area contributed by atoms with Crippen molar-refractivity contribution >= 4 is 0 Å². The van der Waals surface area contributed by atoms with Gasteiger partial charge < -0.3 is 4.74 Å². The minimum atomic E-state index is -2.61. The summed E-state index contributed by atoms with van der Waals surface area (Å²) in [6, 6.07) is 0. The lowest BCUT2D eigenvalue weighted by atomic mass is 10.1. The van der Waals surface area contributed by atoms with Crippen LogP contribution < -0.4 is 0 Å². The molecule has 1 nitrogen and oxygen atoms in total. The van der Waals surface area contributed by atoms with Gasteiger partial charge in [-0.1, -0.05) is 12.2 Å². The van der Waals surface area contributed by atoms with Crippen molar-refractivity contribution in [2.75, 3.05) is 0 Å². The zero-order chi connectivity index (χ0) is 7.40. The second kappa shape index (κ2) is 3.66. The first-order valence-corrected chi connectivity index (χ1v) is 3.37. The van der Waals surface area contributed by atoms with Crippen LogP contribution in [0.25, 0.3) is 0 Å². The number of halogens is 2. The predicted molar refractivity (Wildman–Crippen MR) is 33.9 cm³/mol. The van der Waals surface area contributed by atoms with Gasteiger partial charge in [-0.15, -0.1) is 0 Å². The van der Waals surface area contributed by atoms with Gasteiger partial charge in [0.25, 0.3) is 0 Å². The van der Waals surface area contributed by atoms with E-state index in [-0.39, 0.29) is 6.10 Å². The summed E-state index contributed by atoms with van der Waals surface area (Å²) in [7, 11) is 0. The first-order chi connectivity index (χ1) is 4.79. The van der Waals surface area contributed by atoms with Crippen LogP contribution in [-0.4, -0.2) is 12.7 Å². The van der Waals surface area contributed by atoms with E-state index in [0.29, 0.717) is 6.42 Å². The molecule has 1 aliphatic rings. The topological polar surface area (TPSA) is 9.23 Å². The van der Waals surface area contributed by atoms with Crippen LogP contribution in [0.1, 0.15) is 19.3 Å². The van der Waals surface area contributed by atoms with E-state index in [1.54, 1.807) is 0 Å². The normalized spacial score (nSPS) is 25.7. The van der Waals surface area contributed by atoms with Crippen molar-refractivity contribution in [1.82, 2.24) is 0 Å². The van der Waals surface area contributed by atoms with Crippen LogP contribution in [0.15, 0.2) is 12.2 Å². The first kappa shape index (κ1) is 7.66. The Hall–Kier alpha value is -0.440. The van der Waals surface area contributed by atoms with E-state index in [4.69, 9.17) is 0 Å². The van der Waals surface area contributed by atoms with Gasteiger partial charge >= 0.3 is 6.61 Å². The third kappa shape index (κ3) is 2.43. The Morgan fingerprint density at radius 1 is 1.40 bits per heavy atom. The second-order valence-electron chi connectivity index (χ2n) is 2.30. The maximum absolute atomic E-state index is 11.6. The van der Waals surface area contributed by atoms with Crippen LogP contribution in [0, 0.1) is 0 Å². The van der Waals surface area contributed by atoms with Gasteiger partial charge in [0.05, 0.1) is 6.10 Å². The summed E-state index contributed by atoms with van der Waals surface area (Å²) in [6.45, 7) is -2.61. The fraction of sp³-hybridized carbons (Fsp3) is 0.714. The molecule has 1 rings (SSSR count). The SMILES string of the molecule is FC(F)OC1CC=CCC1. The smallest absolute Gasteiger partial charge is 0.319 e. The van der Waals surface area contributed by atoms with Crippen molar-refractivity contribution in [1.29, 1.82) is 0 Å². The summed E-state index contributed by atoms with van der Waals surface area (Å²) < 4.78 is 27.5. The second-order valence-corrected chi connectivity index (χ2v) is 2.30. The van der Waals surface area contributed by atoms with Crippen LogP contribution >= 0.6 is 0 Å². The molecule has 0 N–H and O–H groups in total. The highest BCUT2D eigenvalue weighted by Gasteiger charge is 2.14. The van der Waals surface area contributed by atoms with Crippen LogP contribution in [0.3, 0.4) is 0 Å². The molecule has 1 aliphatic carbocycles. The minimum absolute atomic E-state index is 0.259. The summed E-state index contributed by atoms with van der Waals surface area (Å²) in [5.41, 5.74) is 0. The summed E-state index contributed by atoms with van der Waals surface area (Å²) >= 11 is 0. The third-order valence-corrected chi connectivity index (χ3v) is 1.52. The fourth-order valence-corrected chi connectivity index (χ4v) is 1.03. The first-order valence-electron chi connectivity index (χ1n) is 3.37. The van der Waals surface area contributed by atoms with Gasteiger partial charge in [0, 0.05) is 0 Å². The number of hydrogen-bond donors (Lipinski definition) is 0. The molecule has 0 fully saturated rings. The Morgan fingerprint density at radius 3 is 2.70 bits per heavy atom. The van der Waals surface area contributed by atoms with Gasteiger partial charge in [-0.25, -0.2) is 0 Å². The molecule has 0 aromatic heterocycles. The molecule has 0 saturated heterocycles. The highest BCUT2D eigenvalue weighted by Crippen LogP contribution is 2.16. The maximum atomic E-state index is 11.6. The monoisotopic (exact) mass is 148 g/mol. The van der Waals surface area contributed by atoms with E-state index in [1.807, 2.05) is 12.2 Å². The van der Waals surface area contributed by atoms with Gasteiger partial charge in [0.2, 0.25) is 0 Å². The van der Waals surface area contributed by atoms with Gasteiger partial charge in [0.15, 0.2) is 0 Å². The number of allylic oxidation sites excluding steroid dienone is 1. The molecule has 1 unspecified atom stereocenters. The van der Waals surface area contributed by atoms with Crippen LogP contribution in [0.5, 0.6) is 0 Å². The van der Waals surface area contributed by atoms with E-state index in [9.17, 15) is 8.78 Å². The van der Waals surface area contributed by atoms with Crippen LogP contribution in [-0.2, 0) is 4.74 Å². The minimum Gasteiger partial charge on any atom is -0.319 e. The van der Waals surface area contributed by atoms with Crippen molar-refractivity contribution in [3.05, 3.63) is 12.2 Å². The average Bonchev–Trinajstić information content (AvgIpc) is 1.88. The zero-order valence-corrected chi connectivity index (χ0v) is 5.59. The molecule has 58 valence electrons. The van der Waals surface area contributed by atoms with Gasteiger partial charge in [-0.05, 0) is 19.3 Å². The molecule has 0 spiro atoms. The van der Waals surface area contributed by atoms with Gasteiger partial charge in [-0.2, -0.15) is 8.78 Å². The van der Waals surface area contributed by atoms with E-state index in [0.717, 1.165) is 12.8 Å². The molecule has 0 radical (unpaired) electrons. The van der Waals surface area contributed by atoms with E-state index in [1.165, 1.54) is 0 Å². The Morgan fingerprint density at radius 2 is 2.20 bits per heavy atom. The quantitative estimate of drug-likeness (QED) is 0.546.